The van der Waals surface area contributed by atoms with Crippen molar-refractivity contribution in [2.45, 2.75) is 61.6 Å². The number of likely N-dealkylation sites (N-methyl/N-ethyl adjacent to an activating group) is 1. The molecular weight excluding hydrogens is 649 g/mol. The fourth-order valence-corrected chi connectivity index (χ4v) is 8.04. The van der Waals surface area contributed by atoms with Crippen LogP contribution >= 0.6 is 11.6 Å². The van der Waals surface area contributed by atoms with E-state index in [-0.39, 0.29) is 53.9 Å². The van der Waals surface area contributed by atoms with Crippen molar-refractivity contribution >= 4 is 34.0 Å². The highest BCUT2D eigenvalue weighted by Crippen LogP contribution is 2.50. The van der Waals surface area contributed by atoms with E-state index in [9.17, 15) is 22.7 Å². The molecule has 2 atom stereocenters. The predicted octanol–water partition coefficient (Wildman–Crippen LogP) is 4.69. The van der Waals surface area contributed by atoms with Crippen molar-refractivity contribution in [3.05, 3.63) is 28.5 Å². The number of nitrogen functional groups attached to an aromatic ring is 1. The Bertz CT molecular complexity index is 1720. The molecule has 2 aromatic heterocycles. The molecule has 1 aromatic carbocycles. The van der Waals surface area contributed by atoms with Crippen molar-refractivity contribution in [3.63, 3.8) is 0 Å². The molecule has 3 N–H and O–H groups in total. The lowest BCUT2D eigenvalue weighted by Crippen LogP contribution is -2.64. The number of fused-ring (bicyclic) bond motifs is 1. The first kappa shape index (κ1) is 32.3. The number of anilines is 2. The van der Waals surface area contributed by atoms with Gasteiger partial charge < -0.3 is 30.1 Å². The van der Waals surface area contributed by atoms with Gasteiger partial charge in [0.2, 0.25) is 5.88 Å². The summed E-state index contributed by atoms with van der Waals surface area (Å²) < 4.78 is 86.6. The number of rotatable bonds is 7. The maximum atomic E-state index is 16.8. The Hall–Kier alpha value is -3.27. The summed E-state index contributed by atoms with van der Waals surface area (Å²) in [5.41, 5.74) is 1.38. The molecule has 47 heavy (non-hydrogen) atoms. The number of alkyl halides is 4. The Morgan fingerprint density at radius 3 is 2.66 bits per heavy atom. The van der Waals surface area contributed by atoms with Crippen LogP contribution < -0.4 is 20.1 Å². The molecule has 2 saturated heterocycles. The van der Waals surface area contributed by atoms with E-state index >= 15 is 4.39 Å². The standard InChI is InChI=1S/C31H35ClF5N7O3/c1-42(2)6-7-44-26-21-25(40-28(41-26)47-14-29-4-3-5-43(29)13-16(33)10-29)23(34)24(39-27(21)46-15-30(44)11-18(45)12-30)19-8-17(38)9-20(32)22(19)31(35,36)37/h8-9,16,18,45H,3-7,10-15,38H2,1-2H3/t16-,18?,29+,30?/m1/s1. The summed E-state index contributed by atoms with van der Waals surface area (Å²) in [4.78, 5) is 19.4. The Balaban J connectivity index is 1.43. The first-order valence-corrected chi connectivity index (χ1v) is 15.9. The number of aliphatic hydroxyl groups excluding tert-OH is 1. The second-order valence-corrected chi connectivity index (χ2v) is 13.9. The number of aromatic nitrogens is 3. The zero-order chi connectivity index (χ0) is 33.5. The zero-order valence-corrected chi connectivity index (χ0v) is 26.6. The van der Waals surface area contributed by atoms with Crippen molar-refractivity contribution in [2.75, 3.05) is 64.1 Å². The SMILES string of the molecule is CN(C)CCN1c2nc(OC[C@@]34CCCN3C[C@H](F)C4)nc3c(F)c(-c4cc(N)cc(Cl)c4C(F)(F)F)nc(c23)OCC12CC(O)C2. The van der Waals surface area contributed by atoms with E-state index in [2.05, 4.69) is 14.9 Å². The van der Waals surface area contributed by atoms with E-state index < -0.39 is 57.2 Å². The lowest BCUT2D eigenvalue weighted by molar-refractivity contribution is -0.137. The van der Waals surface area contributed by atoms with Gasteiger partial charge in [0, 0.05) is 50.1 Å². The monoisotopic (exact) mass is 683 g/mol. The second-order valence-electron chi connectivity index (χ2n) is 13.4. The lowest BCUT2D eigenvalue weighted by atomic mass is 9.73. The van der Waals surface area contributed by atoms with Gasteiger partial charge in [-0.05, 0) is 45.6 Å². The number of hydrogen-bond acceptors (Lipinski definition) is 10. The third-order valence-corrected chi connectivity index (χ3v) is 10.2. The van der Waals surface area contributed by atoms with Gasteiger partial charge in [-0.25, -0.2) is 13.8 Å². The van der Waals surface area contributed by atoms with Gasteiger partial charge in [0.1, 0.15) is 41.8 Å². The minimum Gasteiger partial charge on any atom is -0.475 e. The number of benzene rings is 1. The molecule has 5 heterocycles. The lowest BCUT2D eigenvalue weighted by Gasteiger charge is -2.52. The van der Waals surface area contributed by atoms with Gasteiger partial charge in [-0.1, -0.05) is 11.6 Å². The van der Waals surface area contributed by atoms with Crippen molar-refractivity contribution in [1.29, 1.82) is 0 Å². The number of halogens is 6. The van der Waals surface area contributed by atoms with Crippen LogP contribution in [-0.4, -0.2) is 107 Å². The summed E-state index contributed by atoms with van der Waals surface area (Å²) in [5, 5.41) is 9.78. The Morgan fingerprint density at radius 2 is 1.96 bits per heavy atom. The van der Waals surface area contributed by atoms with Crippen LogP contribution in [0.1, 0.15) is 37.7 Å². The van der Waals surface area contributed by atoms with E-state index in [0.29, 0.717) is 38.9 Å². The van der Waals surface area contributed by atoms with Crippen molar-refractivity contribution in [1.82, 2.24) is 24.8 Å². The highest BCUT2D eigenvalue weighted by molar-refractivity contribution is 6.32. The van der Waals surface area contributed by atoms with E-state index in [1.807, 2.05) is 23.9 Å². The summed E-state index contributed by atoms with van der Waals surface area (Å²) in [6, 6.07) is 1.69. The quantitative estimate of drug-likeness (QED) is 0.269. The van der Waals surface area contributed by atoms with Gasteiger partial charge in [0.15, 0.2) is 5.82 Å². The smallest absolute Gasteiger partial charge is 0.418 e. The number of nitrogens with two attached hydrogens (primary N) is 1. The predicted molar refractivity (Wildman–Crippen MR) is 165 cm³/mol. The Kier molecular flexibility index (Phi) is 7.84. The molecule has 1 spiro atoms. The first-order chi connectivity index (χ1) is 22.2. The van der Waals surface area contributed by atoms with Crippen LogP contribution in [0.5, 0.6) is 11.9 Å². The molecule has 4 aliphatic rings. The molecular formula is C31H35ClF5N7O3. The first-order valence-electron chi connectivity index (χ1n) is 15.5. The van der Waals surface area contributed by atoms with Crippen LogP contribution in [0.25, 0.3) is 22.2 Å². The number of aliphatic hydroxyl groups is 1. The van der Waals surface area contributed by atoms with Gasteiger partial charge in [-0.3, -0.25) is 4.90 Å². The summed E-state index contributed by atoms with van der Waals surface area (Å²) in [6.07, 6.45) is -4.12. The van der Waals surface area contributed by atoms with Gasteiger partial charge in [-0.2, -0.15) is 23.1 Å². The van der Waals surface area contributed by atoms with E-state index in [1.165, 1.54) is 0 Å². The van der Waals surface area contributed by atoms with Gasteiger partial charge >= 0.3 is 12.2 Å². The number of hydrogen-bond donors (Lipinski definition) is 2. The van der Waals surface area contributed by atoms with Crippen LogP contribution in [0.4, 0.5) is 33.5 Å². The van der Waals surface area contributed by atoms with Crippen LogP contribution in [0.3, 0.4) is 0 Å². The highest BCUT2D eigenvalue weighted by atomic mass is 35.5. The molecule has 1 saturated carbocycles. The fourth-order valence-electron chi connectivity index (χ4n) is 7.70. The van der Waals surface area contributed by atoms with Crippen molar-refractivity contribution in [3.8, 4) is 23.1 Å². The van der Waals surface area contributed by atoms with Crippen LogP contribution in [0, 0.1) is 5.82 Å². The minimum atomic E-state index is -4.97. The molecule has 3 aliphatic heterocycles. The molecule has 16 heteroatoms. The summed E-state index contributed by atoms with van der Waals surface area (Å²) >= 11 is 6.02. The number of ether oxygens (including phenoxy) is 2. The molecule has 1 aliphatic carbocycles. The minimum absolute atomic E-state index is 0.00299. The molecule has 3 aromatic rings. The maximum absolute atomic E-state index is 16.8. The topological polar surface area (TPSA) is 113 Å². The largest absolute Gasteiger partial charge is 0.475 e. The third kappa shape index (κ3) is 5.48. The average Bonchev–Trinajstić information content (AvgIpc) is 3.44. The van der Waals surface area contributed by atoms with E-state index in [4.69, 9.17) is 31.8 Å². The molecule has 0 radical (unpaired) electrons. The van der Waals surface area contributed by atoms with Gasteiger partial charge in [-0.15, -0.1) is 0 Å². The molecule has 7 rings (SSSR count). The average molecular weight is 684 g/mol. The summed E-state index contributed by atoms with van der Waals surface area (Å²) in [7, 11) is 3.78. The van der Waals surface area contributed by atoms with E-state index in [0.717, 1.165) is 25.1 Å². The molecule has 0 unspecified atom stereocenters. The Labute approximate surface area is 272 Å². The number of nitrogens with zero attached hydrogens (tertiary/aromatic N) is 6. The zero-order valence-electron chi connectivity index (χ0n) is 25.9. The summed E-state index contributed by atoms with van der Waals surface area (Å²) in [6.45, 7) is 2.01. The van der Waals surface area contributed by atoms with Crippen molar-refractivity contribution < 1.29 is 36.5 Å². The van der Waals surface area contributed by atoms with Gasteiger partial charge in [0.25, 0.3) is 0 Å². The van der Waals surface area contributed by atoms with E-state index in [1.54, 1.807) is 0 Å². The molecule has 0 bridgehead atoms. The summed E-state index contributed by atoms with van der Waals surface area (Å²) in [5.74, 6) is -1.12. The van der Waals surface area contributed by atoms with Crippen LogP contribution in [0.15, 0.2) is 12.1 Å². The number of pyridine rings is 1. The molecule has 3 fully saturated rings. The van der Waals surface area contributed by atoms with Gasteiger partial charge in [0.05, 0.1) is 27.8 Å². The van der Waals surface area contributed by atoms with Crippen molar-refractivity contribution in [2.24, 2.45) is 0 Å². The third-order valence-electron chi connectivity index (χ3n) is 9.90. The second kappa shape index (κ2) is 11.4. The maximum Gasteiger partial charge on any atom is 0.418 e. The molecule has 0 amide bonds. The van der Waals surface area contributed by atoms with Crippen LogP contribution in [0.2, 0.25) is 5.02 Å². The fraction of sp³-hybridized carbons (Fsp3) is 0.581. The Morgan fingerprint density at radius 1 is 1.19 bits per heavy atom. The van der Waals surface area contributed by atoms with Crippen LogP contribution in [-0.2, 0) is 6.18 Å². The highest BCUT2D eigenvalue weighted by Gasteiger charge is 2.53. The normalized spacial score (nSPS) is 27.3. The molecule has 10 nitrogen and oxygen atoms in total. The molecule has 254 valence electrons.